The van der Waals surface area contributed by atoms with Gasteiger partial charge < -0.3 is 0 Å². The highest BCUT2D eigenvalue weighted by molar-refractivity contribution is 8.02. The summed E-state index contributed by atoms with van der Waals surface area (Å²) in [5.41, 5.74) is 0.989. The summed E-state index contributed by atoms with van der Waals surface area (Å²) in [6, 6.07) is 8.45. The fourth-order valence-electron chi connectivity index (χ4n) is 3.03. The lowest BCUT2D eigenvalue weighted by Gasteiger charge is -2.17. The molecule has 0 spiro atoms. The summed E-state index contributed by atoms with van der Waals surface area (Å²) in [6.45, 7) is 2.20. The Balaban J connectivity index is 1.90. The Morgan fingerprint density at radius 1 is 1.17 bits per heavy atom. The molecule has 0 atom stereocenters. The van der Waals surface area contributed by atoms with Crippen LogP contribution in [0.5, 0.6) is 0 Å². The van der Waals surface area contributed by atoms with Crippen LogP contribution in [0.2, 0.25) is 5.02 Å². The third kappa shape index (κ3) is 4.06. The first kappa shape index (κ1) is 17.2. The van der Waals surface area contributed by atoms with Crippen molar-refractivity contribution in [2.45, 2.75) is 43.8 Å². The third-order valence-corrected chi connectivity index (χ3v) is 6.57. The molecule has 0 aliphatic heterocycles. The normalized spacial score (nSPS) is 15.4. The van der Waals surface area contributed by atoms with Crippen molar-refractivity contribution in [2.24, 2.45) is 0 Å². The molecule has 1 aliphatic rings. The van der Waals surface area contributed by atoms with Gasteiger partial charge in [0.05, 0.1) is 5.02 Å². The monoisotopic (exact) mass is 367 g/mol. The van der Waals surface area contributed by atoms with Gasteiger partial charge in [0.25, 0.3) is 0 Å². The highest BCUT2D eigenvalue weighted by atomic mass is 35.5. The molecular formula is C17H22ClN3S2. The third-order valence-electron chi connectivity index (χ3n) is 4.13. The van der Waals surface area contributed by atoms with Crippen molar-refractivity contribution in [3.8, 4) is 11.4 Å². The summed E-state index contributed by atoms with van der Waals surface area (Å²) < 4.78 is 2.34. The zero-order valence-electron chi connectivity index (χ0n) is 13.4. The number of rotatable bonds is 7. The van der Waals surface area contributed by atoms with Gasteiger partial charge in [0.15, 0.2) is 11.0 Å². The Labute approximate surface area is 151 Å². The van der Waals surface area contributed by atoms with E-state index in [-0.39, 0.29) is 0 Å². The highest BCUT2D eigenvalue weighted by Gasteiger charge is 2.25. The molecule has 0 amide bonds. The van der Waals surface area contributed by atoms with E-state index in [9.17, 15) is 0 Å². The van der Waals surface area contributed by atoms with Crippen molar-refractivity contribution in [1.82, 2.24) is 14.8 Å². The van der Waals surface area contributed by atoms with Gasteiger partial charge in [0, 0.05) is 23.1 Å². The van der Waals surface area contributed by atoms with Crippen molar-refractivity contribution in [1.29, 1.82) is 0 Å². The number of hydrogen-bond acceptors (Lipinski definition) is 4. The smallest absolute Gasteiger partial charge is 0.191 e. The zero-order chi connectivity index (χ0) is 16.1. The number of aromatic nitrogens is 3. The Morgan fingerprint density at radius 3 is 2.70 bits per heavy atom. The second-order valence-corrected chi connectivity index (χ2v) is 8.50. The van der Waals surface area contributed by atoms with E-state index in [0.29, 0.717) is 6.04 Å². The first-order valence-electron chi connectivity index (χ1n) is 8.21. The molecule has 1 fully saturated rings. The summed E-state index contributed by atoms with van der Waals surface area (Å²) in [7, 11) is 0. The van der Waals surface area contributed by atoms with Gasteiger partial charge in [-0.25, -0.2) is 0 Å². The first-order chi connectivity index (χ1) is 11.3. The molecule has 23 heavy (non-hydrogen) atoms. The van der Waals surface area contributed by atoms with Crippen molar-refractivity contribution in [3.63, 3.8) is 0 Å². The van der Waals surface area contributed by atoms with E-state index < -0.39 is 0 Å². The molecular weight excluding hydrogens is 346 g/mol. The Morgan fingerprint density at radius 2 is 1.96 bits per heavy atom. The van der Waals surface area contributed by atoms with Gasteiger partial charge in [-0.1, -0.05) is 55.3 Å². The molecule has 1 aliphatic carbocycles. The number of nitrogens with zero attached hydrogens (tertiary/aromatic N) is 3. The van der Waals surface area contributed by atoms with E-state index in [2.05, 4.69) is 21.7 Å². The Bertz CT molecular complexity index is 639. The van der Waals surface area contributed by atoms with Crippen molar-refractivity contribution >= 4 is 35.1 Å². The van der Waals surface area contributed by atoms with Crippen LogP contribution in [-0.4, -0.2) is 32.0 Å². The maximum atomic E-state index is 6.40. The summed E-state index contributed by atoms with van der Waals surface area (Å²) in [5.74, 6) is 4.32. The van der Waals surface area contributed by atoms with Gasteiger partial charge in [0.2, 0.25) is 0 Å². The van der Waals surface area contributed by atoms with Crippen LogP contribution in [0.25, 0.3) is 11.4 Å². The predicted octanol–water partition coefficient (Wildman–Crippen LogP) is 5.56. The van der Waals surface area contributed by atoms with E-state index in [1.165, 1.54) is 31.4 Å². The molecule has 0 radical (unpaired) electrons. The number of halogens is 1. The summed E-state index contributed by atoms with van der Waals surface area (Å²) >= 11 is 10.2. The van der Waals surface area contributed by atoms with Gasteiger partial charge in [-0.05, 0) is 30.7 Å². The summed E-state index contributed by atoms with van der Waals surface area (Å²) in [4.78, 5) is 0. The maximum Gasteiger partial charge on any atom is 0.191 e. The van der Waals surface area contributed by atoms with E-state index in [1.54, 1.807) is 0 Å². The van der Waals surface area contributed by atoms with Crippen LogP contribution in [0.1, 0.15) is 38.6 Å². The summed E-state index contributed by atoms with van der Waals surface area (Å²) in [5, 5.41) is 10.8. The molecule has 1 heterocycles. The van der Waals surface area contributed by atoms with Crippen LogP contribution >= 0.6 is 35.1 Å². The second kappa shape index (κ2) is 8.45. The van der Waals surface area contributed by atoms with E-state index in [1.807, 2.05) is 47.8 Å². The van der Waals surface area contributed by atoms with Crippen LogP contribution in [0.3, 0.4) is 0 Å². The molecule has 0 bridgehead atoms. The molecule has 124 valence electrons. The van der Waals surface area contributed by atoms with Gasteiger partial charge in [-0.15, -0.1) is 10.2 Å². The average molecular weight is 368 g/mol. The largest absolute Gasteiger partial charge is 0.299 e. The van der Waals surface area contributed by atoms with Gasteiger partial charge in [-0.3, -0.25) is 4.57 Å². The second-order valence-electron chi connectivity index (χ2n) is 5.64. The SMILES string of the molecule is CCSCCSc1nnc(-c2ccccc2Cl)n1C1CCCC1. The number of benzene rings is 1. The fraction of sp³-hybridized carbons (Fsp3) is 0.529. The van der Waals surface area contributed by atoms with Gasteiger partial charge in [-0.2, -0.15) is 11.8 Å². The minimum atomic E-state index is 0.512. The molecule has 1 aromatic carbocycles. The quantitative estimate of drug-likeness (QED) is 0.473. The zero-order valence-corrected chi connectivity index (χ0v) is 15.8. The molecule has 3 rings (SSSR count). The van der Waals surface area contributed by atoms with Crippen molar-refractivity contribution < 1.29 is 0 Å². The minimum Gasteiger partial charge on any atom is -0.299 e. The Kier molecular flexibility index (Phi) is 6.31. The predicted molar refractivity (Wildman–Crippen MR) is 102 cm³/mol. The maximum absolute atomic E-state index is 6.40. The topological polar surface area (TPSA) is 30.7 Å². The lowest BCUT2D eigenvalue weighted by molar-refractivity contribution is 0.485. The van der Waals surface area contributed by atoms with Crippen LogP contribution in [0, 0.1) is 0 Å². The molecule has 1 aromatic heterocycles. The molecule has 2 aromatic rings. The molecule has 0 saturated heterocycles. The first-order valence-corrected chi connectivity index (χ1v) is 10.7. The van der Waals surface area contributed by atoms with Crippen molar-refractivity contribution in [3.05, 3.63) is 29.3 Å². The average Bonchev–Trinajstić information content (AvgIpc) is 3.21. The molecule has 6 heteroatoms. The number of thioether (sulfide) groups is 2. The number of hydrogen-bond donors (Lipinski definition) is 0. The molecule has 3 nitrogen and oxygen atoms in total. The lowest BCUT2D eigenvalue weighted by atomic mass is 10.2. The Hall–Kier alpha value is -0.650. The lowest BCUT2D eigenvalue weighted by Crippen LogP contribution is -2.09. The van der Waals surface area contributed by atoms with Gasteiger partial charge in [0.1, 0.15) is 0 Å². The van der Waals surface area contributed by atoms with Crippen LogP contribution in [0.15, 0.2) is 29.4 Å². The standard InChI is InChI=1S/C17H22ClN3S2/c1-2-22-11-12-23-17-20-19-16(14-9-5-6-10-15(14)18)21(17)13-7-3-4-8-13/h5-6,9-10,13H,2-4,7-8,11-12H2,1H3. The molecule has 1 saturated carbocycles. The van der Waals surface area contributed by atoms with Crippen molar-refractivity contribution in [2.75, 3.05) is 17.3 Å². The molecule has 0 unspecified atom stereocenters. The minimum absolute atomic E-state index is 0.512. The summed E-state index contributed by atoms with van der Waals surface area (Å²) in [6.07, 6.45) is 5.01. The van der Waals surface area contributed by atoms with Crippen LogP contribution in [-0.2, 0) is 0 Å². The van der Waals surface area contributed by atoms with Crippen LogP contribution in [0.4, 0.5) is 0 Å². The molecule has 0 N–H and O–H groups in total. The van der Waals surface area contributed by atoms with E-state index >= 15 is 0 Å². The van der Waals surface area contributed by atoms with E-state index in [0.717, 1.165) is 33.1 Å². The van der Waals surface area contributed by atoms with Gasteiger partial charge >= 0.3 is 0 Å². The van der Waals surface area contributed by atoms with E-state index in [4.69, 9.17) is 11.6 Å². The highest BCUT2D eigenvalue weighted by Crippen LogP contribution is 2.38. The van der Waals surface area contributed by atoms with Crippen LogP contribution < -0.4 is 0 Å². The fourth-order valence-corrected chi connectivity index (χ4v) is 5.00.